The Morgan fingerprint density at radius 2 is 1.86 bits per heavy atom. The maximum absolute atomic E-state index is 4.32. The summed E-state index contributed by atoms with van der Waals surface area (Å²) in [6.45, 7) is 4.42. The fourth-order valence-corrected chi connectivity index (χ4v) is 1.61. The summed E-state index contributed by atoms with van der Waals surface area (Å²) in [5.41, 5.74) is 3.82. The van der Waals surface area contributed by atoms with Gasteiger partial charge in [0.15, 0.2) is 0 Å². The molecule has 0 fully saturated rings. The van der Waals surface area contributed by atoms with Crippen molar-refractivity contribution >= 4 is 5.71 Å². The van der Waals surface area contributed by atoms with Crippen LogP contribution in [-0.2, 0) is 0 Å². The molecule has 0 aliphatic carbocycles. The third-order valence-corrected chi connectivity index (χ3v) is 2.56. The van der Waals surface area contributed by atoms with Crippen molar-refractivity contribution in [2.45, 2.75) is 26.2 Å². The van der Waals surface area contributed by atoms with Crippen LogP contribution in [0.5, 0.6) is 0 Å². The van der Waals surface area contributed by atoms with E-state index in [4.69, 9.17) is 0 Å². The average Bonchev–Trinajstić information content (AvgIpc) is 2.71. The van der Waals surface area contributed by atoms with Gasteiger partial charge in [-0.05, 0) is 17.0 Å². The molecule has 1 heterocycles. The lowest BCUT2D eigenvalue weighted by Gasteiger charge is -2.06. The van der Waals surface area contributed by atoms with Crippen molar-refractivity contribution in [2.75, 3.05) is 0 Å². The fourth-order valence-electron chi connectivity index (χ4n) is 1.61. The number of allylic oxidation sites excluding steroid dienone is 1. The predicted octanol–water partition coefficient (Wildman–Crippen LogP) is 3.52. The topological polar surface area (TPSA) is 12.4 Å². The van der Waals surface area contributed by atoms with E-state index >= 15 is 0 Å². The zero-order valence-electron chi connectivity index (χ0n) is 8.70. The minimum atomic E-state index is 0.604. The van der Waals surface area contributed by atoms with Crippen LogP contribution < -0.4 is 0 Å². The number of hydrogen-bond acceptors (Lipinski definition) is 1. The average molecular weight is 185 g/mol. The molecular formula is C13H15N. The molecule has 14 heavy (non-hydrogen) atoms. The van der Waals surface area contributed by atoms with Crippen LogP contribution in [0, 0.1) is 0 Å². The smallest absolute Gasteiger partial charge is 0.0513 e. The molecule has 0 aromatic heterocycles. The van der Waals surface area contributed by atoms with E-state index in [1.165, 1.54) is 16.8 Å². The quantitative estimate of drug-likeness (QED) is 0.668. The first-order valence-corrected chi connectivity index (χ1v) is 5.09. The lowest BCUT2D eigenvalue weighted by atomic mass is 10.00. The molecule has 0 atom stereocenters. The Balaban J connectivity index is 2.22. The van der Waals surface area contributed by atoms with Crippen molar-refractivity contribution in [1.29, 1.82) is 0 Å². The zero-order chi connectivity index (χ0) is 9.97. The second kappa shape index (κ2) is 3.79. The monoisotopic (exact) mass is 185 g/mol. The van der Waals surface area contributed by atoms with E-state index in [0.29, 0.717) is 5.92 Å². The summed E-state index contributed by atoms with van der Waals surface area (Å²) in [6.07, 6.45) is 4.94. The summed E-state index contributed by atoms with van der Waals surface area (Å²) < 4.78 is 0. The number of rotatable bonds is 2. The molecule has 1 aromatic carbocycles. The summed E-state index contributed by atoms with van der Waals surface area (Å²) in [5.74, 6) is 0.604. The van der Waals surface area contributed by atoms with Gasteiger partial charge in [0.25, 0.3) is 0 Å². The third-order valence-electron chi connectivity index (χ3n) is 2.56. The summed E-state index contributed by atoms with van der Waals surface area (Å²) >= 11 is 0. The van der Waals surface area contributed by atoms with E-state index in [9.17, 15) is 0 Å². The van der Waals surface area contributed by atoms with E-state index in [2.05, 4.69) is 49.2 Å². The van der Waals surface area contributed by atoms with Gasteiger partial charge in [-0.15, -0.1) is 0 Å². The van der Waals surface area contributed by atoms with Crippen LogP contribution in [0.3, 0.4) is 0 Å². The van der Waals surface area contributed by atoms with E-state index in [0.717, 1.165) is 6.42 Å². The Labute approximate surface area is 85.2 Å². The van der Waals surface area contributed by atoms with Crippen molar-refractivity contribution in [3.63, 3.8) is 0 Å². The lowest BCUT2D eigenvalue weighted by molar-refractivity contribution is 0.866. The van der Waals surface area contributed by atoms with E-state index in [-0.39, 0.29) is 0 Å². The molecule has 1 aromatic rings. The largest absolute Gasteiger partial charge is 0.261 e. The van der Waals surface area contributed by atoms with Crippen LogP contribution in [0.1, 0.15) is 37.3 Å². The molecule has 1 aliphatic rings. The molecule has 2 rings (SSSR count). The Morgan fingerprint density at radius 3 is 2.36 bits per heavy atom. The van der Waals surface area contributed by atoms with Crippen molar-refractivity contribution in [3.8, 4) is 0 Å². The Hall–Kier alpha value is -1.37. The van der Waals surface area contributed by atoms with Crippen LogP contribution in [-0.4, -0.2) is 5.71 Å². The van der Waals surface area contributed by atoms with Crippen LogP contribution in [0.4, 0.5) is 0 Å². The van der Waals surface area contributed by atoms with Crippen molar-refractivity contribution in [1.82, 2.24) is 0 Å². The van der Waals surface area contributed by atoms with Crippen LogP contribution in [0.25, 0.3) is 0 Å². The van der Waals surface area contributed by atoms with Gasteiger partial charge in [0.2, 0.25) is 0 Å². The van der Waals surface area contributed by atoms with E-state index in [1.807, 2.05) is 6.20 Å². The molecule has 0 saturated heterocycles. The van der Waals surface area contributed by atoms with Gasteiger partial charge < -0.3 is 0 Å². The molecule has 0 N–H and O–H groups in total. The first-order chi connectivity index (χ1) is 6.77. The van der Waals surface area contributed by atoms with Crippen molar-refractivity contribution in [3.05, 3.63) is 47.7 Å². The zero-order valence-corrected chi connectivity index (χ0v) is 8.70. The lowest BCUT2D eigenvalue weighted by Crippen LogP contribution is -1.96. The Kier molecular flexibility index (Phi) is 2.49. The minimum absolute atomic E-state index is 0.604. The summed E-state index contributed by atoms with van der Waals surface area (Å²) in [6, 6.07) is 8.73. The Bertz CT molecular complexity index is 369. The minimum Gasteiger partial charge on any atom is -0.261 e. The molecule has 0 bridgehead atoms. The Morgan fingerprint density at radius 1 is 1.14 bits per heavy atom. The molecular weight excluding hydrogens is 170 g/mol. The molecule has 0 amide bonds. The molecule has 1 nitrogen and oxygen atoms in total. The third kappa shape index (κ3) is 1.77. The highest BCUT2D eigenvalue weighted by atomic mass is 14.7. The van der Waals surface area contributed by atoms with Gasteiger partial charge in [0.1, 0.15) is 0 Å². The van der Waals surface area contributed by atoms with Gasteiger partial charge in [-0.3, -0.25) is 4.99 Å². The van der Waals surface area contributed by atoms with Crippen molar-refractivity contribution < 1.29 is 0 Å². The maximum Gasteiger partial charge on any atom is 0.0513 e. The summed E-state index contributed by atoms with van der Waals surface area (Å²) in [7, 11) is 0. The summed E-state index contributed by atoms with van der Waals surface area (Å²) in [4.78, 5) is 4.32. The number of aliphatic imine (C=N–C) groups is 1. The molecule has 0 radical (unpaired) electrons. The van der Waals surface area contributed by atoms with Gasteiger partial charge in [-0.1, -0.05) is 44.2 Å². The highest BCUT2D eigenvalue weighted by molar-refractivity contribution is 6.02. The SMILES string of the molecule is CC(C)c1ccc(C2=NC=CC2)cc1. The van der Waals surface area contributed by atoms with Crippen molar-refractivity contribution in [2.24, 2.45) is 4.99 Å². The molecule has 72 valence electrons. The van der Waals surface area contributed by atoms with Gasteiger partial charge in [-0.2, -0.15) is 0 Å². The van der Waals surface area contributed by atoms with Gasteiger partial charge in [-0.25, -0.2) is 0 Å². The second-order valence-corrected chi connectivity index (χ2v) is 3.94. The number of hydrogen-bond donors (Lipinski definition) is 0. The van der Waals surface area contributed by atoms with Gasteiger partial charge >= 0.3 is 0 Å². The fraction of sp³-hybridized carbons (Fsp3) is 0.308. The summed E-state index contributed by atoms with van der Waals surface area (Å²) in [5, 5.41) is 0. The first kappa shape index (κ1) is 9.20. The normalized spacial score (nSPS) is 14.9. The molecule has 0 saturated carbocycles. The molecule has 0 spiro atoms. The van der Waals surface area contributed by atoms with E-state index in [1.54, 1.807) is 0 Å². The highest BCUT2D eigenvalue weighted by Crippen LogP contribution is 2.17. The first-order valence-electron chi connectivity index (χ1n) is 5.09. The highest BCUT2D eigenvalue weighted by Gasteiger charge is 2.05. The van der Waals surface area contributed by atoms with E-state index < -0.39 is 0 Å². The standard InChI is InChI=1S/C13H15N/c1-10(2)11-5-7-12(8-6-11)13-4-3-9-14-13/h3,5-10H,4H2,1-2H3. The molecule has 1 heteroatoms. The number of nitrogens with zero attached hydrogens (tertiary/aromatic N) is 1. The predicted molar refractivity (Wildman–Crippen MR) is 60.8 cm³/mol. The van der Waals surface area contributed by atoms with Crippen LogP contribution in [0.2, 0.25) is 0 Å². The molecule has 0 unspecified atom stereocenters. The second-order valence-electron chi connectivity index (χ2n) is 3.94. The number of benzene rings is 1. The maximum atomic E-state index is 4.32. The molecule has 1 aliphatic heterocycles. The van der Waals surface area contributed by atoms with Gasteiger partial charge in [0.05, 0.1) is 5.71 Å². The van der Waals surface area contributed by atoms with Crippen LogP contribution in [0.15, 0.2) is 41.5 Å². The van der Waals surface area contributed by atoms with Gasteiger partial charge in [0, 0.05) is 12.6 Å². The van der Waals surface area contributed by atoms with Crippen LogP contribution >= 0.6 is 0 Å².